The van der Waals surface area contributed by atoms with Gasteiger partial charge in [0.25, 0.3) is 15.9 Å². The minimum absolute atomic E-state index is 0.148. The molecule has 2 amide bonds. The largest absolute Gasteiger partial charge is 0.463 e. The molecule has 0 spiro atoms. The van der Waals surface area contributed by atoms with Crippen molar-refractivity contribution < 1.29 is 36.4 Å². The second-order valence-corrected chi connectivity index (χ2v) is 10.5. The van der Waals surface area contributed by atoms with Crippen LogP contribution in [-0.4, -0.2) is 42.3 Å². The van der Waals surface area contributed by atoms with Crippen LogP contribution in [-0.2, 0) is 24.3 Å². The van der Waals surface area contributed by atoms with Crippen molar-refractivity contribution in [1.82, 2.24) is 14.7 Å². The molecule has 13 heteroatoms. The molecule has 3 aromatic heterocycles. The van der Waals surface area contributed by atoms with Gasteiger partial charge in [0.1, 0.15) is 11.4 Å². The number of hydrogen-bond acceptors (Lipinski definition) is 10. The zero-order chi connectivity index (χ0) is 29.1. The molecule has 0 aliphatic rings. The lowest BCUT2D eigenvalue weighted by Gasteiger charge is -2.14. The minimum Gasteiger partial charge on any atom is -0.463 e. The molecule has 0 fully saturated rings. The average molecular weight is 575 g/mol. The molecule has 2 aromatic carbocycles. The van der Waals surface area contributed by atoms with E-state index in [1.165, 1.54) is 55.8 Å². The highest BCUT2D eigenvalue weighted by Gasteiger charge is 2.22. The standard InChI is InChI=1S/C28H22N4O8S/c1-16(27(34)29-19-8-10-20(11-9-19)41(36,37)32-17(2)33)40-28(35)18-7-12-21-22(15-18)31-26(24-6-4-14-39-24)25(30-21)23-5-3-13-38-23/h3-16H,1-2H3,(H,29,34)(H,32,33). The number of amides is 2. The summed E-state index contributed by atoms with van der Waals surface area (Å²) < 4.78 is 42.4. The van der Waals surface area contributed by atoms with E-state index in [1.54, 1.807) is 30.3 Å². The van der Waals surface area contributed by atoms with Crippen molar-refractivity contribution in [2.24, 2.45) is 0 Å². The van der Waals surface area contributed by atoms with Crippen molar-refractivity contribution in [3.05, 3.63) is 84.8 Å². The van der Waals surface area contributed by atoms with Crippen LogP contribution >= 0.6 is 0 Å². The number of aromatic nitrogens is 2. The van der Waals surface area contributed by atoms with E-state index in [0.29, 0.717) is 33.9 Å². The summed E-state index contributed by atoms with van der Waals surface area (Å²) in [5.74, 6) is -1.17. The molecule has 0 saturated heterocycles. The molecular weight excluding hydrogens is 552 g/mol. The summed E-state index contributed by atoms with van der Waals surface area (Å²) in [7, 11) is -4.01. The highest BCUT2D eigenvalue weighted by molar-refractivity contribution is 7.90. The van der Waals surface area contributed by atoms with Crippen LogP contribution in [0.1, 0.15) is 24.2 Å². The zero-order valence-electron chi connectivity index (χ0n) is 21.7. The number of carbonyl (C=O) groups excluding carboxylic acids is 3. The van der Waals surface area contributed by atoms with Gasteiger partial charge in [-0.1, -0.05) is 0 Å². The Morgan fingerprint density at radius 3 is 2.02 bits per heavy atom. The maximum atomic E-state index is 12.9. The predicted octanol–water partition coefficient (Wildman–Crippen LogP) is 4.16. The lowest BCUT2D eigenvalue weighted by atomic mass is 10.1. The summed E-state index contributed by atoms with van der Waals surface area (Å²) in [5, 5.41) is 2.55. The molecule has 0 saturated carbocycles. The SMILES string of the molecule is CC(=O)NS(=O)(=O)c1ccc(NC(=O)C(C)OC(=O)c2ccc3nc(-c4ccco4)c(-c4ccco4)nc3c2)cc1. The summed E-state index contributed by atoms with van der Waals surface area (Å²) in [4.78, 5) is 45.8. The summed E-state index contributed by atoms with van der Waals surface area (Å²) >= 11 is 0. The predicted molar refractivity (Wildman–Crippen MR) is 146 cm³/mol. The second-order valence-electron chi connectivity index (χ2n) is 8.80. The molecule has 5 aromatic rings. The van der Waals surface area contributed by atoms with Gasteiger partial charge in [0.15, 0.2) is 17.6 Å². The first-order valence-corrected chi connectivity index (χ1v) is 13.6. The van der Waals surface area contributed by atoms with E-state index in [9.17, 15) is 22.8 Å². The van der Waals surface area contributed by atoms with Crippen LogP contribution in [0.5, 0.6) is 0 Å². The fraction of sp³-hybridized carbons (Fsp3) is 0.107. The van der Waals surface area contributed by atoms with Gasteiger partial charge in [0.2, 0.25) is 5.91 Å². The number of nitrogens with one attached hydrogen (secondary N) is 2. The van der Waals surface area contributed by atoms with Gasteiger partial charge >= 0.3 is 5.97 Å². The van der Waals surface area contributed by atoms with Crippen molar-refractivity contribution in [1.29, 1.82) is 0 Å². The Morgan fingerprint density at radius 1 is 0.854 bits per heavy atom. The van der Waals surface area contributed by atoms with E-state index in [0.717, 1.165) is 6.92 Å². The molecule has 0 aliphatic carbocycles. The summed E-state index contributed by atoms with van der Waals surface area (Å²) in [5.41, 5.74) is 2.20. The van der Waals surface area contributed by atoms with E-state index in [-0.39, 0.29) is 16.1 Å². The normalized spacial score (nSPS) is 12.0. The quantitative estimate of drug-likeness (QED) is 0.256. The number of sulfonamides is 1. The Labute approximate surface area is 233 Å². The Bertz CT molecular complexity index is 1850. The molecule has 208 valence electrons. The summed E-state index contributed by atoms with van der Waals surface area (Å²) in [6, 6.07) is 16.7. The van der Waals surface area contributed by atoms with Gasteiger partial charge in [-0.2, -0.15) is 0 Å². The number of esters is 1. The van der Waals surface area contributed by atoms with E-state index in [2.05, 4.69) is 15.3 Å². The maximum Gasteiger partial charge on any atom is 0.338 e. The van der Waals surface area contributed by atoms with E-state index in [4.69, 9.17) is 13.6 Å². The maximum absolute atomic E-state index is 12.9. The Kier molecular flexibility index (Phi) is 7.36. The van der Waals surface area contributed by atoms with Crippen LogP contribution in [0, 0.1) is 0 Å². The number of ether oxygens (including phenoxy) is 1. The van der Waals surface area contributed by atoms with Gasteiger partial charge in [0.05, 0.1) is 34.0 Å². The molecule has 0 radical (unpaired) electrons. The molecule has 2 N–H and O–H groups in total. The number of fused-ring (bicyclic) bond motifs is 1. The summed E-state index contributed by atoms with van der Waals surface area (Å²) in [6.07, 6.45) is 1.85. The van der Waals surface area contributed by atoms with Crippen molar-refractivity contribution in [2.45, 2.75) is 24.8 Å². The molecule has 1 atom stereocenters. The van der Waals surface area contributed by atoms with Gasteiger partial charge in [0, 0.05) is 12.6 Å². The van der Waals surface area contributed by atoms with Crippen LogP contribution in [0.3, 0.4) is 0 Å². The number of carbonyl (C=O) groups is 3. The van der Waals surface area contributed by atoms with Gasteiger partial charge in [-0.05, 0) is 73.7 Å². The molecule has 12 nitrogen and oxygen atoms in total. The van der Waals surface area contributed by atoms with Crippen molar-refractivity contribution in [3.63, 3.8) is 0 Å². The third-order valence-corrected chi connectivity index (χ3v) is 7.22. The van der Waals surface area contributed by atoms with E-state index < -0.39 is 33.9 Å². The van der Waals surface area contributed by atoms with Crippen LogP contribution in [0.25, 0.3) is 33.9 Å². The van der Waals surface area contributed by atoms with E-state index >= 15 is 0 Å². The highest BCUT2D eigenvalue weighted by atomic mass is 32.2. The Balaban J connectivity index is 1.31. The first-order chi connectivity index (χ1) is 19.6. The second kappa shape index (κ2) is 11.1. The van der Waals surface area contributed by atoms with Crippen LogP contribution < -0.4 is 10.0 Å². The fourth-order valence-corrected chi connectivity index (χ4v) is 4.83. The third kappa shape index (κ3) is 5.99. The number of anilines is 1. The molecule has 3 heterocycles. The lowest BCUT2D eigenvalue weighted by Crippen LogP contribution is -2.30. The van der Waals surface area contributed by atoms with E-state index in [1.807, 2.05) is 4.72 Å². The number of rotatable bonds is 8. The number of furan rings is 2. The van der Waals surface area contributed by atoms with Gasteiger partial charge in [-0.3, -0.25) is 9.59 Å². The molecule has 1 unspecified atom stereocenters. The molecule has 5 rings (SSSR count). The number of hydrogen-bond donors (Lipinski definition) is 2. The molecular formula is C28H22N4O8S. The first-order valence-electron chi connectivity index (χ1n) is 12.2. The smallest absolute Gasteiger partial charge is 0.338 e. The zero-order valence-corrected chi connectivity index (χ0v) is 22.5. The van der Waals surface area contributed by atoms with Gasteiger partial charge in [-0.15, -0.1) is 0 Å². The lowest BCUT2D eigenvalue weighted by molar-refractivity contribution is -0.123. The Hall–Kier alpha value is -5.30. The van der Waals surface area contributed by atoms with Gasteiger partial charge < -0.3 is 18.9 Å². The van der Waals surface area contributed by atoms with Crippen molar-refractivity contribution in [2.75, 3.05) is 5.32 Å². The topological polar surface area (TPSA) is 171 Å². The minimum atomic E-state index is -4.01. The molecule has 41 heavy (non-hydrogen) atoms. The van der Waals surface area contributed by atoms with Gasteiger partial charge in [-0.25, -0.2) is 27.9 Å². The first kappa shape index (κ1) is 27.3. The van der Waals surface area contributed by atoms with Crippen LogP contribution in [0.4, 0.5) is 5.69 Å². The van der Waals surface area contributed by atoms with Crippen molar-refractivity contribution >= 4 is 44.5 Å². The highest BCUT2D eigenvalue weighted by Crippen LogP contribution is 2.31. The Morgan fingerprint density at radius 2 is 1.46 bits per heavy atom. The number of benzene rings is 2. The molecule has 0 bridgehead atoms. The third-order valence-electron chi connectivity index (χ3n) is 5.77. The van der Waals surface area contributed by atoms with Crippen LogP contribution in [0.15, 0.2) is 93.0 Å². The number of nitrogens with zero attached hydrogens (tertiary/aromatic N) is 2. The summed E-state index contributed by atoms with van der Waals surface area (Å²) in [6.45, 7) is 2.48. The van der Waals surface area contributed by atoms with Crippen LogP contribution in [0.2, 0.25) is 0 Å². The average Bonchev–Trinajstić information content (AvgIpc) is 3.67. The fourth-order valence-electron chi connectivity index (χ4n) is 3.84. The molecule has 0 aliphatic heterocycles. The van der Waals surface area contributed by atoms with Crippen molar-refractivity contribution in [3.8, 4) is 22.9 Å². The monoisotopic (exact) mass is 574 g/mol.